The van der Waals surface area contributed by atoms with Crippen LogP contribution in [0.1, 0.15) is 62.3 Å². The van der Waals surface area contributed by atoms with Crippen LogP contribution in [0.4, 0.5) is 0 Å². The minimum Gasteiger partial charge on any atom is -0.324 e. The summed E-state index contributed by atoms with van der Waals surface area (Å²) in [4.78, 5) is 0. The molecule has 0 fully saturated rings. The molecule has 0 saturated heterocycles. The van der Waals surface area contributed by atoms with E-state index >= 15 is 0 Å². The highest BCUT2D eigenvalue weighted by atomic mass is 14.9. The monoisotopic (exact) mass is 223 g/mol. The van der Waals surface area contributed by atoms with Crippen molar-refractivity contribution in [3.63, 3.8) is 0 Å². The molecule has 1 aliphatic carbocycles. The molecule has 0 amide bonds. The first kappa shape index (κ1) is 13.8. The van der Waals surface area contributed by atoms with Gasteiger partial charge in [-0.2, -0.15) is 0 Å². The predicted octanol–water partition coefficient (Wildman–Crippen LogP) is 4.13. The third-order valence-corrected chi connectivity index (χ3v) is 6.60. The molecule has 1 atom stereocenters. The van der Waals surface area contributed by atoms with Gasteiger partial charge in [-0.1, -0.05) is 52.7 Å². The van der Waals surface area contributed by atoms with Crippen molar-refractivity contribution in [2.75, 3.05) is 0 Å². The molecule has 2 N–H and O–H groups in total. The summed E-state index contributed by atoms with van der Waals surface area (Å²) in [5.74, 6) is 0. The highest BCUT2D eigenvalue weighted by molar-refractivity contribution is 5.36. The van der Waals surface area contributed by atoms with E-state index in [0.29, 0.717) is 0 Å². The van der Waals surface area contributed by atoms with E-state index in [1.807, 2.05) is 0 Å². The number of nitrogens with two attached hydrogens (primary N) is 1. The SMILES string of the molecule is CC1=C(C)C(C)(C)C(C)(N)C(C)(C)C1(C)C. The van der Waals surface area contributed by atoms with Crippen molar-refractivity contribution in [3.05, 3.63) is 11.1 Å². The van der Waals surface area contributed by atoms with Crippen LogP contribution in [0, 0.1) is 16.2 Å². The lowest BCUT2D eigenvalue weighted by Crippen LogP contribution is -2.67. The molecule has 0 radical (unpaired) electrons. The number of hydrogen-bond donors (Lipinski definition) is 1. The van der Waals surface area contributed by atoms with Crippen molar-refractivity contribution in [3.8, 4) is 0 Å². The Morgan fingerprint density at radius 2 is 1.00 bits per heavy atom. The average molecular weight is 223 g/mol. The average Bonchev–Trinajstić information content (AvgIpc) is 2.12. The summed E-state index contributed by atoms with van der Waals surface area (Å²) in [7, 11) is 0. The van der Waals surface area contributed by atoms with E-state index in [1.165, 1.54) is 11.1 Å². The largest absolute Gasteiger partial charge is 0.324 e. The van der Waals surface area contributed by atoms with E-state index in [0.717, 1.165) is 0 Å². The lowest BCUT2D eigenvalue weighted by atomic mass is 9.43. The molecule has 1 unspecified atom stereocenters. The summed E-state index contributed by atoms with van der Waals surface area (Å²) in [6.07, 6.45) is 0. The highest BCUT2D eigenvalue weighted by Crippen LogP contribution is 2.62. The summed E-state index contributed by atoms with van der Waals surface area (Å²) in [5, 5.41) is 0. The molecule has 0 spiro atoms. The van der Waals surface area contributed by atoms with Crippen LogP contribution in [0.2, 0.25) is 0 Å². The molecule has 1 rings (SSSR count). The second-order valence-corrected chi connectivity index (χ2v) is 7.33. The van der Waals surface area contributed by atoms with Crippen LogP contribution in [-0.2, 0) is 0 Å². The third kappa shape index (κ3) is 1.21. The molecule has 0 aromatic carbocycles. The molecule has 1 nitrogen and oxygen atoms in total. The first-order valence-electron chi connectivity index (χ1n) is 6.29. The molecular formula is C15H29N. The van der Waals surface area contributed by atoms with Gasteiger partial charge in [0.05, 0.1) is 0 Å². The molecule has 0 aromatic rings. The smallest absolute Gasteiger partial charge is 0.0275 e. The third-order valence-electron chi connectivity index (χ3n) is 6.60. The molecule has 94 valence electrons. The van der Waals surface area contributed by atoms with Gasteiger partial charge in [0.2, 0.25) is 0 Å². The molecule has 1 heteroatoms. The molecular weight excluding hydrogens is 194 g/mol. The summed E-state index contributed by atoms with van der Waals surface area (Å²) in [6.45, 7) is 20.6. The summed E-state index contributed by atoms with van der Waals surface area (Å²) < 4.78 is 0. The normalized spacial score (nSPS) is 36.4. The van der Waals surface area contributed by atoms with Crippen LogP contribution in [-0.4, -0.2) is 5.54 Å². The van der Waals surface area contributed by atoms with E-state index in [1.54, 1.807) is 0 Å². The van der Waals surface area contributed by atoms with Crippen molar-refractivity contribution >= 4 is 0 Å². The Morgan fingerprint density at radius 1 is 0.688 bits per heavy atom. The van der Waals surface area contributed by atoms with Gasteiger partial charge in [0.15, 0.2) is 0 Å². The molecule has 0 bridgehead atoms. The Morgan fingerprint density at radius 3 is 1.38 bits per heavy atom. The van der Waals surface area contributed by atoms with Gasteiger partial charge in [-0.15, -0.1) is 0 Å². The van der Waals surface area contributed by atoms with E-state index in [2.05, 4.69) is 62.3 Å². The van der Waals surface area contributed by atoms with Crippen molar-refractivity contribution in [1.29, 1.82) is 0 Å². The summed E-state index contributed by atoms with van der Waals surface area (Å²) >= 11 is 0. The van der Waals surface area contributed by atoms with Crippen LogP contribution in [0.15, 0.2) is 11.1 Å². The number of hydrogen-bond acceptors (Lipinski definition) is 1. The van der Waals surface area contributed by atoms with Crippen LogP contribution in [0.5, 0.6) is 0 Å². The van der Waals surface area contributed by atoms with Crippen LogP contribution in [0.3, 0.4) is 0 Å². The van der Waals surface area contributed by atoms with Gasteiger partial charge in [-0.05, 0) is 31.6 Å². The fourth-order valence-electron chi connectivity index (χ4n) is 3.23. The lowest BCUT2D eigenvalue weighted by Gasteiger charge is -2.63. The first-order valence-corrected chi connectivity index (χ1v) is 6.29. The Kier molecular flexibility index (Phi) is 2.69. The van der Waals surface area contributed by atoms with Gasteiger partial charge in [-0.3, -0.25) is 0 Å². The zero-order valence-electron chi connectivity index (χ0n) is 12.6. The van der Waals surface area contributed by atoms with Gasteiger partial charge in [0, 0.05) is 11.0 Å². The van der Waals surface area contributed by atoms with Crippen molar-refractivity contribution in [2.45, 2.75) is 67.9 Å². The molecule has 0 saturated carbocycles. The van der Waals surface area contributed by atoms with E-state index in [4.69, 9.17) is 5.73 Å². The predicted molar refractivity (Wildman–Crippen MR) is 72.3 cm³/mol. The van der Waals surface area contributed by atoms with Gasteiger partial charge in [0.1, 0.15) is 0 Å². The molecule has 16 heavy (non-hydrogen) atoms. The van der Waals surface area contributed by atoms with Gasteiger partial charge in [-0.25, -0.2) is 0 Å². The Hall–Kier alpha value is -0.300. The van der Waals surface area contributed by atoms with Crippen LogP contribution < -0.4 is 5.73 Å². The van der Waals surface area contributed by atoms with Crippen LogP contribution >= 0.6 is 0 Å². The van der Waals surface area contributed by atoms with Gasteiger partial charge >= 0.3 is 0 Å². The molecule has 0 heterocycles. The van der Waals surface area contributed by atoms with Crippen molar-refractivity contribution in [1.82, 2.24) is 0 Å². The topological polar surface area (TPSA) is 26.0 Å². The second-order valence-electron chi connectivity index (χ2n) is 7.33. The maximum atomic E-state index is 6.73. The minimum absolute atomic E-state index is 0.0517. The number of allylic oxidation sites excluding steroid dienone is 1. The summed E-state index contributed by atoms with van der Waals surface area (Å²) in [6, 6.07) is 0. The molecule has 0 aliphatic heterocycles. The Balaban J connectivity index is 3.64. The Labute approximate surface area is 101 Å². The standard InChI is InChI=1S/C15H29N/c1-10-11(2)13(5,6)15(9,16)14(7,8)12(10,3)4/h16H2,1-9H3. The first-order chi connectivity index (χ1) is 6.82. The van der Waals surface area contributed by atoms with Crippen LogP contribution in [0.25, 0.3) is 0 Å². The zero-order valence-corrected chi connectivity index (χ0v) is 12.6. The van der Waals surface area contributed by atoms with E-state index in [-0.39, 0.29) is 21.8 Å². The van der Waals surface area contributed by atoms with Crippen molar-refractivity contribution < 1.29 is 0 Å². The quantitative estimate of drug-likeness (QED) is 0.614. The van der Waals surface area contributed by atoms with E-state index < -0.39 is 0 Å². The summed E-state index contributed by atoms with van der Waals surface area (Å²) in [5.41, 5.74) is 9.77. The van der Waals surface area contributed by atoms with Gasteiger partial charge in [0.25, 0.3) is 0 Å². The maximum absolute atomic E-state index is 6.73. The highest BCUT2D eigenvalue weighted by Gasteiger charge is 2.60. The second kappa shape index (κ2) is 3.13. The number of rotatable bonds is 0. The fraction of sp³-hybridized carbons (Fsp3) is 0.867. The van der Waals surface area contributed by atoms with Gasteiger partial charge < -0.3 is 5.73 Å². The van der Waals surface area contributed by atoms with E-state index in [9.17, 15) is 0 Å². The zero-order chi connectivity index (χ0) is 13.2. The molecule has 0 aromatic heterocycles. The lowest BCUT2D eigenvalue weighted by molar-refractivity contribution is -0.0273. The molecule has 1 aliphatic rings. The maximum Gasteiger partial charge on any atom is 0.0275 e. The Bertz CT molecular complexity index is 306. The minimum atomic E-state index is -0.201. The van der Waals surface area contributed by atoms with Crippen molar-refractivity contribution in [2.24, 2.45) is 22.0 Å². The fourth-order valence-corrected chi connectivity index (χ4v) is 3.23.